The molecule has 3 heterocycles. The minimum atomic E-state index is -3.55. The van der Waals surface area contributed by atoms with Gasteiger partial charge in [-0.05, 0) is 6.92 Å². The zero-order valence-corrected chi connectivity index (χ0v) is 13.7. The Balaban J connectivity index is 1.73. The van der Waals surface area contributed by atoms with E-state index in [1.807, 2.05) is 4.90 Å². The summed E-state index contributed by atoms with van der Waals surface area (Å²) in [5.74, 6) is 1.84. The summed E-state index contributed by atoms with van der Waals surface area (Å²) in [6, 6.07) is 1.75. The minimum absolute atomic E-state index is 0.0745. The van der Waals surface area contributed by atoms with Crippen molar-refractivity contribution in [2.24, 2.45) is 0 Å². The smallest absolute Gasteiger partial charge is 0.248 e. The number of aromatic nitrogens is 3. The van der Waals surface area contributed by atoms with E-state index in [0.29, 0.717) is 37.9 Å². The van der Waals surface area contributed by atoms with Gasteiger partial charge in [-0.3, -0.25) is 0 Å². The fourth-order valence-electron chi connectivity index (χ4n) is 2.42. The van der Waals surface area contributed by atoms with Crippen molar-refractivity contribution in [3.63, 3.8) is 0 Å². The van der Waals surface area contributed by atoms with Crippen LogP contribution < -0.4 is 9.64 Å². The number of aryl methyl sites for hydroxylation is 1. The molecule has 124 valence electrons. The molecule has 3 rings (SSSR count). The van der Waals surface area contributed by atoms with Gasteiger partial charge in [-0.25, -0.2) is 13.4 Å². The molecular weight excluding hydrogens is 322 g/mol. The highest BCUT2D eigenvalue weighted by atomic mass is 32.2. The Morgan fingerprint density at radius 2 is 1.96 bits per heavy atom. The monoisotopic (exact) mass is 339 g/mol. The summed E-state index contributed by atoms with van der Waals surface area (Å²) >= 11 is 0. The van der Waals surface area contributed by atoms with Crippen molar-refractivity contribution in [2.75, 3.05) is 38.2 Å². The molecule has 0 aromatic carbocycles. The molecule has 2 aromatic rings. The second-order valence-electron chi connectivity index (χ2n) is 5.07. The number of methoxy groups -OCH3 is 1. The molecule has 0 spiro atoms. The third-order valence-corrected chi connectivity index (χ3v) is 5.46. The van der Waals surface area contributed by atoms with Crippen LogP contribution in [0.2, 0.25) is 0 Å². The fourth-order valence-corrected chi connectivity index (χ4v) is 3.70. The lowest BCUT2D eigenvalue weighted by molar-refractivity contribution is 0.379. The average Bonchev–Trinajstić information content (AvgIpc) is 3.09. The van der Waals surface area contributed by atoms with Gasteiger partial charge in [0, 0.05) is 32.2 Å². The molecule has 0 radical (unpaired) electrons. The van der Waals surface area contributed by atoms with Gasteiger partial charge >= 0.3 is 0 Å². The summed E-state index contributed by atoms with van der Waals surface area (Å²) in [5, 5.41) is 3.45. The van der Waals surface area contributed by atoms with Crippen LogP contribution in [0.4, 0.5) is 5.82 Å². The lowest BCUT2D eigenvalue weighted by Gasteiger charge is -2.34. The van der Waals surface area contributed by atoms with E-state index in [-0.39, 0.29) is 4.90 Å². The molecule has 0 N–H and O–H groups in total. The molecule has 1 fully saturated rings. The second-order valence-corrected chi connectivity index (χ2v) is 7.00. The molecule has 1 saturated heterocycles. The maximum atomic E-state index is 12.4. The summed E-state index contributed by atoms with van der Waals surface area (Å²) in [6.45, 7) is 3.57. The average molecular weight is 339 g/mol. The van der Waals surface area contributed by atoms with E-state index in [1.165, 1.54) is 10.5 Å². The Morgan fingerprint density at radius 1 is 1.22 bits per heavy atom. The zero-order chi connectivity index (χ0) is 16.4. The lowest BCUT2D eigenvalue weighted by atomic mass is 10.3. The van der Waals surface area contributed by atoms with Gasteiger partial charge in [0.2, 0.25) is 15.9 Å². The van der Waals surface area contributed by atoms with Gasteiger partial charge in [-0.15, -0.1) is 0 Å². The van der Waals surface area contributed by atoms with Gasteiger partial charge in [-0.1, -0.05) is 5.16 Å². The summed E-state index contributed by atoms with van der Waals surface area (Å²) < 4.78 is 36.0. The highest BCUT2D eigenvalue weighted by molar-refractivity contribution is 7.89. The maximum Gasteiger partial charge on any atom is 0.248 e. The Morgan fingerprint density at radius 3 is 2.57 bits per heavy atom. The molecule has 2 aromatic heterocycles. The number of hydrogen-bond donors (Lipinski definition) is 0. The summed E-state index contributed by atoms with van der Waals surface area (Å²) in [7, 11) is -2.00. The number of ether oxygens (including phenoxy) is 1. The standard InChI is InChI=1S/C13H17N5O4S/c1-10-15-12(7-13(16-10)21-2)17-3-5-18(6-4-17)23(19,20)11-8-14-22-9-11/h7-9H,3-6H2,1-2H3. The normalized spacial score (nSPS) is 16.5. The predicted molar refractivity (Wildman–Crippen MR) is 80.8 cm³/mol. The second kappa shape index (κ2) is 6.13. The summed E-state index contributed by atoms with van der Waals surface area (Å²) in [5.41, 5.74) is 0. The molecule has 1 aliphatic rings. The van der Waals surface area contributed by atoms with Crippen molar-refractivity contribution >= 4 is 15.8 Å². The van der Waals surface area contributed by atoms with Crippen LogP contribution >= 0.6 is 0 Å². The third-order valence-electron chi connectivity index (χ3n) is 3.62. The van der Waals surface area contributed by atoms with E-state index < -0.39 is 10.0 Å². The van der Waals surface area contributed by atoms with E-state index in [4.69, 9.17) is 4.74 Å². The molecule has 0 unspecified atom stereocenters. The molecule has 9 nitrogen and oxygen atoms in total. The van der Waals surface area contributed by atoms with E-state index in [0.717, 1.165) is 12.1 Å². The first-order valence-corrected chi connectivity index (χ1v) is 8.49. The van der Waals surface area contributed by atoms with E-state index in [9.17, 15) is 8.42 Å². The Hall–Kier alpha value is -2.20. The Labute approximate surface area is 133 Å². The highest BCUT2D eigenvalue weighted by Crippen LogP contribution is 2.21. The van der Waals surface area contributed by atoms with Crippen molar-refractivity contribution in [3.8, 4) is 5.88 Å². The van der Waals surface area contributed by atoms with Gasteiger partial charge in [0.1, 0.15) is 22.8 Å². The van der Waals surface area contributed by atoms with Gasteiger partial charge in [0.15, 0.2) is 0 Å². The van der Waals surface area contributed by atoms with Crippen molar-refractivity contribution < 1.29 is 17.7 Å². The van der Waals surface area contributed by atoms with Gasteiger partial charge < -0.3 is 14.2 Å². The molecule has 0 saturated carbocycles. The molecule has 0 bridgehead atoms. The molecular formula is C13H17N5O4S. The van der Waals surface area contributed by atoms with Crippen molar-refractivity contribution in [1.29, 1.82) is 0 Å². The molecule has 0 atom stereocenters. The first kappa shape index (κ1) is 15.7. The first-order valence-electron chi connectivity index (χ1n) is 7.05. The first-order chi connectivity index (χ1) is 11.0. The predicted octanol–water partition coefficient (Wildman–Crippen LogP) is 0.293. The zero-order valence-electron chi connectivity index (χ0n) is 12.8. The minimum Gasteiger partial charge on any atom is -0.481 e. The van der Waals surface area contributed by atoms with Crippen molar-refractivity contribution in [3.05, 3.63) is 24.4 Å². The summed E-state index contributed by atoms with van der Waals surface area (Å²) in [6.07, 6.45) is 2.35. The lowest BCUT2D eigenvalue weighted by Crippen LogP contribution is -2.48. The van der Waals surface area contributed by atoms with Crippen LogP contribution in [0.15, 0.2) is 27.9 Å². The summed E-state index contributed by atoms with van der Waals surface area (Å²) in [4.78, 5) is 10.6. The van der Waals surface area contributed by atoms with E-state index in [1.54, 1.807) is 20.1 Å². The number of rotatable bonds is 4. The van der Waals surface area contributed by atoms with Crippen LogP contribution in [0, 0.1) is 6.92 Å². The van der Waals surface area contributed by atoms with E-state index >= 15 is 0 Å². The number of nitrogens with zero attached hydrogens (tertiary/aromatic N) is 5. The third kappa shape index (κ3) is 3.13. The molecule has 0 aliphatic carbocycles. The number of piperazine rings is 1. The van der Waals surface area contributed by atoms with Gasteiger partial charge in [-0.2, -0.15) is 9.29 Å². The van der Waals surface area contributed by atoms with Crippen molar-refractivity contribution in [2.45, 2.75) is 11.8 Å². The quantitative estimate of drug-likeness (QED) is 0.783. The highest BCUT2D eigenvalue weighted by Gasteiger charge is 2.30. The Bertz CT molecular complexity index is 770. The van der Waals surface area contributed by atoms with Crippen molar-refractivity contribution in [1.82, 2.24) is 19.4 Å². The number of sulfonamides is 1. The van der Waals surface area contributed by atoms with E-state index in [2.05, 4.69) is 19.6 Å². The van der Waals surface area contributed by atoms with Crippen LogP contribution in [0.25, 0.3) is 0 Å². The SMILES string of the molecule is COc1cc(N2CCN(S(=O)(=O)c3cnoc3)CC2)nc(C)n1. The van der Waals surface area contributed by atoms with Gasteiger partial charge in [0.25, 0.3) is 0 Å². The van der Waals surface area contributed by atoms with Crippen LogP contribution in [0.1, 0.15) is 5.82 Å². The van der Waals surface area contributed by atoms with Crippen LogP contribution in [0.5, 0.6) is 5.88 Å². The van der Waals surface area contributed by atoms with Crippen LogP contribution in [-0.2, 0) is 10.0 Å². The number of anilines is 1. The van der Waals surface area contributed by atoms with Crippen LogP contribution in [-0.4, -0.2) is 61.1 Å². The fraction of sp³-hybridized carbons (Fsp3) is 0.462. The van der Waals surface area contributed by atoms with Crippen LogP contribution in [0.3, 0.4) is 0 Å². The Kier molecular flexibility index (Phi) is 4.18. The van der Waals surface area contributed by atoms with Gasteiger partial charge in [0.05, 0.1) is 13.3 Å². The molecule has 23 heavy (non-hydrogen) atoms. The number of hydrogen-bond acceptors (Lipinski definition) is 8. The maximum absolute atomic E-state index is 12.4. The molecule has 1 aliphatic heterocycles. The molecule has 0 amide bonds. The topological polar surface area (TPSA) is 102 Å². The molecule has 10 heteroatoms. The largest absolute Gasteiger partial charge is 0.481 e.